The number of halogens is 3. The molecule has 1 aromatic rings. The van der Waals surface area contributed by atoms with Crippen molar-refractivity contribution in [3.8, 4) is 0 Å². The molecule has 1 aliphatic heterocycles. The molecule has 1 saturated heterocycles. The van der Waals surface area contributed by atoms with Crippen LogP contribution in [-0.4, -0.2) is 31.6 Å². The minimum Gasteiger partial charge on any atom is -0.319 e. The predicted molar refractivity (Wildman–Crippen MR) is 76.0 cm³/mol. The van der Waals surface area contributed by atoms with Crippen molar-refractivity contribution in [1.82, 2.24) is 10.2 Å². The van der Waals surface area contributed by atoms with Crippen LogP contribution in [0, 0.1) is 11.7 Å². The number of nitrogens with one attached hydrogen (secondary N) is 1. The summed E-state index contributed by atoms with van der Waals surface area (Å²) in [5, 5.41) is 3.43. The Bertz CT molecular complexity index is 387. The molecule has 1 fully saturated rings. The Morgan fingerprint density at radius 3 is 2.94 bits per heavy atom. The summed E-state index contributed by atoms with van der Waals surface area (Å²) in [4.78, 5) is 2.39. The standard InChI is InChI=1S/C13H18ClFN2.ClH/c1-16-7-11-4-5-17(9-11)8-10-2-3-13(15)12(14)6-10;/h2-3,6,11,16H,4-5,7-9H2,1H3;1H. The number of likely N-dealkylation sites (tertiary alicyclic amines) is 1. The van der Waals surface area contributed by atoms with Gasteiger partial charge in [0.1, 0.15) is 5.82 Å². The summed E-state index contributed by atoms with van der Waals surface area (Å²) in [5.41, 5.74) is 1.08. The van der Waals surface area contributed by atoms with E-state index in [1.54, 1.807) is 6.07 Å². The van der Waals surface area contributed by atoms with Gasteiger partial charge in [-0.15, -0.1) is 12.4 Å². The van der Waals surface area contributed by atoms with Crippen molar-refractivity contribution in [2.24, 2.45) is 5.92 Å². The van der Waals surface area contributed by atoms with Crippen molar-refractivity contribution in [3.05, 3.63) is 34.6 Å². The largest absolute Gasteiger partial charge is 0.319 e. The predicted octanol–water partition coefficient (Wildman–Crippen LogP) is 2.94. The summed E-state index contributed by atoms with van der Waals surface area (Å²) in [6.45, 7) is 4.15. The lowest BCUT2D eigenvalue weighted by Crippen LogP contribution is -2.24. The van der Waals surface area contributed by atoms with Crippen molar-refractivity contribution in [2.75, 3.05) is 26.7 Å². The first-order valence-electron chi connectivity index (χ1n) is 6.00. The van der Waals surface area contributed by atoms with Crippen LogP contribution in [-0.2, 0) is 6.54 Å². The highest BCUT2D eigenvalue weighted by molar-refractivity contribution is 6.30. The lowest BCUT2D eigenvalue weighted by molar-refractivity contribution is 0.315. The van der Waals surface area contributed by atoms with E-state index in [2.05, 4.69) is 10.2 Å². The second-order valence-electron chi connectivity index (χ2n) is 4.70. The third kappa shape index (κ3) is 4.09. The smallest absolute Gasteiger partial charge is 0.141 e. The molecule has 0 spiro atoms. The van der Waals surface area contributed by atoms with E-state index in [4.69, 9.17) is 11.6 Å². The topological polar surface area (TPSA) is 15.3 Å². The highest BCUT2D eigenvalue weighted by Gasteiger charge is 2.21. The van der Waals surface area contributed by atoms with Crippen molar-refractivity contribution >= 4 is 24.0 Å². The molecule has 0 radical (unpaired) electrons. The van der Waals surface area contributed by atoms with Gasteiger partial charge in [-0.25, -0.2) is 4.39 Å². The Balaban J connectivity index is 0.00000162. The lowest BCUT2D eigenvalue weighted by Gasteiger charge is -2.16. The Kier molecular flexibility index (Phi) is 6.36. The molecular formula is C13H19Cl2FN2. The quantitative estimate of drug-likeness (QED) is 0.918. The summed E-state index contributed by atoms with van der Waals surface area (Å²) in [6.07, 6.45) is 1.23. The van der Waals surface area contributed by atoms with E-state index >= 15 is 0 Å². The molecule has 0 amide bonds. The van der Waals surface area contributed by atoms with Gasteiger partial charge in [-0.2, -0.15) is 0 Å². The maximum absolute atomic E-state index is 13.0. The molecule has 2 rings (SSSR count). The monoisotopic (exact) mass is 292 g/mol. The van der Waals surface area contributed by atoms with Gasteiger partial charge in [0, 0.05) is 13.1 Å². The number of hydrogen-bond donors (Lipinski definition) is 1. The number of hydrogen-bond acceptors (Lipinski definition) is 2. The molecule has 1 unspecified atom stereocenters. The fraction of sp³-hybridized carbons (Fsp3) is 0.538. The van der Waals surface area contributed by atoms with Gasteiger partial charge < -0.3 is 5.32 Å². The van der Waals surface area contributed by atoms with Crippen LogP contribution in [0.15, 0.2) is 18.2 Å². The lowest BCUT2D eigenvalue weighted by atomic mass is 10.1. The van der Waals surface area contributed by atoms with Gasteiger partial charge in [0.05, 0.1) is 5.02 Å². The molecule has 102 valence electrons. The molecule has 1 N–H and O–H groups in total. The molecule has 0 aliphatic carbocycles. The first-order valence-corrected chi connectivity index (χ1v) is 6.37. The molecule has 1 aromatic carbocycles. The average Bonchev–Trinajstić information content (AvgIpc) is 2.72. The first-order chi connectivity index (χ1) is 8.19. The van der Waals surface area contributed by atoms with Crippen LogP contribution in [0.1, 0.15) is 12.0 Å². The normalized spacial score (nSPS) is 19.8. The van der Waals surface area contributed by atoms with Crippen LogP contribution in [0.25, 0.3) is 0 Å². The molecular weight excluding hydrogens is 274 g/mol. The Morgan fingerprint density at radius 2 is 2.28 bits per heavy atom. The van der Waals surface area contributed by atoms with Gasteiger partial charge in [0.15, 0.2) is 0 Å². The van der Waals surface area contributed by atoms with E-state index in [0.717, 1.165) is 37.7 Å². The molecule has 0 aromatic heterocycles. The van der Waals surface area contributed by atoms with E-state index in [-0.39, 0.29) is 23.2 Å². The van der Waals surface area contributed by atoms with E-state index in [1.807, 2.05) is 13.1 Å². The molecule has 1 aliphatic rings. The number of benzene rings is 1. The Labute approximate surface area is 119 Å². The second kappa shape index (κ2) is 7.29. The summed E-state index contributed by atoms with van der Waals surface area (Å²) in [6, 6.07) is 4.98. The van der Waals surface area contributed by atoms with E-state index < -0.39 is 0 Å². The highest BCUT2D eigenvalue weighted by Crippen LogP contribution is 2.21. The highest BCUT2D eigenvalue weighted by atomic mass is 35.5. The van der Waals surface area contributed by atoms with Crippen molar-refractivity contribution < 1.29 is 4.39 Å². The Morgan fingerprint density at radius 1 is 1.50 bits per heavy atom. The summed E-state index contributed by atoms with van der Waals surface area (Å²) in [7, 11) is 1.99. The molecule has 0 bridgehead atoms. The van der Waals surface area contributed by atoms with Crippen LogP contribution < -0.4 is 5.32 Å². The minimum atomic E-state index is -0.343. The van der Waals surface area contributed by atoms with Crippen molar-refractivity contribution in [1.29, 1.82) is 0 Å². The maximum Gasteiger partial charge on any atom is 0.141 e. The van der Waals surface area contributed by atoms with Gasteiger partial charge >= 0.3 is 0 Å². The zero-order valence-corrected chi connectivity index (χ0v) is 12.0. The second-order valence-corrected chi connectivity index (χ2v) is 5.10. The number of rotatable bonds is 4. The Hall–Kier alpha value is -0.350. The van der Waals surface area contributed by atoms with Crippen LogP contribution >= 0.6 is 24.0 Å². The van der Waals surface area contributed by atoms with E-state index in [0.29, 0.717) is 0 Å². The van der Waals surface area contributed by atoms with Crippen LogP contribution in [0.3, 0.4) is 0 Å². The van der Waals surface area contributed by atoms with Gasteiger partial charge in [-0.3, -0.25) is 4.90 Å². The third-order valence-electron chi connectivity index (χ3n) is 3.25. The molecule has 2 nitrogen and oxygen atoms in total. The van der Waals surface area contributed by atoms with Crippen LogP contribution in [0.2, 0.25) is 5.02 Å². The maximum atomic E-state index is 13.0. The van der Waals surface area contributed by atoms with Gasteiger partial charge in [0.2, 0.25) is 0 Å². The van der Waals surface area contributed by atoms with Crippen molar-refractivity contribution in [3.63, 3.8) is 0 Å². The van der Waals surface area contributed by atoms with Crippen LogP contribution in [0.4, 0.5) is 4.39 Å². The van der Waals surface area contributed by atoms with Gasteiger partial charge in [-0.05, 0) is 50.2 Å². The fourth-order valence-electron chi connectivity index (χ4n) is 2.41. The van der Waals surface area contributed by atoms with E-state index in [9.17, 15) is 4.39 Å². The zero-order chi connectivity index (χ0) is 12.3. The van der Waals surface area contributed by atoms with Crippen LogP contribution in [0.5, 0.6) is 0 Å². The van der Waals surface area contributed by atoms with Gasteiger partial charge in [-0.1, -0.05) is 17.7 Å². The molecule has 1 atom stereocenters. The third-order valence-corrected chi connectivity index (χ3v) is 3.54. The minimum absolute atomic E-state index is 0. The average molecular weight is 293 g/mol. The summed E-state index contributed by atoms with van der Waals surface area (Å²) < 4.78 is 13.0. The first kappa shape index (κ1) is 15.7. The summed E-state index contributed by atoms with van der Waals surface area (Å²) >= 11 is 5.77. The summed E-state index contributed by atoms with van der Waals surface area (Å²) in [5.74, 6) is 0.390. The van der Waals surface area contributed by atoms with Gasteiger partial charge in [0.25, 0.3) is 0 Å². The van der Waals surface area contributed by atoms with E-state index in [1.165, 1.54) is 12.5 Å². The van der Waals surface area contributed by atoms with Crippen molar-refractivity contribution in [2.45, 2.75) is 13.0 Å². The molecule has 1 heterocycles. The number of nitrogens with zero attached hydrogens (tertiary/aromatic N) is 1. The molecule has 0 saturated carbocycles. The molecule has 18 heavy (non-hydrogen) atoms. The fourth-order valence-corrected chi connectivity index (χ4v) is 2.61. The SMILES string of the molecule is CNCC1CCN(Cc2ccc(F)c(Cl)c2)C1.Cl. The zero-order valence-electron chi connectivity index (χ0n) is 10.5. The molecule has 5 heteroatoms.